The van der Waals surface area contributed by atoms with Crippen molar-refractivity contribution in [2.24, 2.45) is 16.7 Å². The summed E-state index contributed by atoms with van der Waals surface area (Å²) in [6.07, 6.45) is 8.96. The Morgan fingerprint density at radius 1 is 0.897 bits per heavy atom. The van der Waals surface area contributed by atoms with E-state index in [4.69, 9.17) is 0 Å². The molecule has 0 aromatic heterocycles. The van der Waals surface area contributed by atoms with Gasteiger partial charge < -0.3 is 0 Å². The van der Waals surface area contributed by atoms with Crippen LogP contribution in [0.5, 0.6) is 0 Å². The number of hydrogen-bond acceptors (Lipinski definition) is 1. The predicted molar refractivity (Wildman–Crippen MR) is 121 cm³/mol. The molecule has 0 spiro atoms. The third-order valence-electron chi connectivity index (χ3n) is 5.91. The van der Waals surface area contributed by atoms with Crippen LogP contribution >= 0.6 is 0 Å². The van der Waals surface area contributed by atoms with Crippen LogP contribution in [-0.4, -0.2) is 5.78 Å². The first kappa shape index (κ1) is 21.2. The van der Waals surface area contributed by atoms with Crippen molar-refractivity contribution in [3.8, 4) is 23.7 Å². The Kier molecular flexibility index (Phi) is 6.19. The van der Waals surface area contributed by atoms with Gasteiger partial charge in [0.2, 0.25) is 0 Å². The molecule has 0 aliphatic heterocycles. The molecule has 0 radical (unpaired) electrons. The summed E-state index contributed by atoms with van der Waals surface area (Å²) in [5.74, 6) is 14.0. The quantitative estimate of drug-likeness (QED) is 0.468. The lowest BCUT2D eigenvalue weighted by molar-refractivity contribution is -0.116. The van der Waals surface area contributed by atoms with Crippen LogP contribution in [-0.2, 0) is 4.79 Å². The largest absolute Gasteiger partial charge is 0.295 e. The molecule has 0 saturated heterocycles. The minimum absolute atomic E-state index is 0.00992. The van der Waals surface area contributed by atoms with Gasteiger partial charge in [0.05, 0.1) is 0 Å². The van der Waals surface area contributed by atoms with Crippen LogP contribution in [0.3, 0.4) is 0 Å². The number of rotatable bonds is 0. The molecule has 3 rings (SSSR count). The van der Waals surface area contributed by atoms with Gasteiger partial charge in [-0.1, -0.05) is 64.4 Å². The molecule has 1 heteroatoms. The lowest BCUT2D eigenvalue weighted by Gasteiger charge is -2.32. The molecule has 0 N–H and O–H groups in total. The molecule has 150 valence electrons. The maximum atomic E-state index is 11.9. The molecule has 0 amide bonds. The summed E-state index contributed by atoms with van der Waals surface area (Å²) in [5.41, 5.74) is 4.57. The molecular formula is C28H32O. The van der Waals surface area contributed by atoms with Gasteiger partial charge in [-0.25, -0.2) is 0 Å². The van der Waals surface area contributed by atoms with Gasteiger partial charge in [-0.15, -0.1) is 0 Å². The summed E-state index contributed by atoms with van der Waals surface area (Å²) in [7, 11) is 0. The highest BCUT2D eigenvalue weighted by Gasteiger charge is 2.27. The standard InChI is InChI=1S/C28H32O/c1-27(2,3)25-16-14-23(15-17-25)11-10-21-6-8-22(9-7-21)12-13-24-18-26(29)20-28(4,5)19-24/h6-9,14,18,25H,15-17,19-20H2,1-5H3. The first-order valence-electron chi connectivity index (χ1n) is 10.7. The maximum Gasteiger partial charge on any atom is 0.157 e. The topological polar surface area (TPSA) is 17.1 Å². The smallest absolute Gasteiger partial charge is 0.157 e. The number of carbonyl (C=O) groups excluding carboxylic acids is 1. The van der Waals surface area contributed by atoms with E-state index >= 15 is 0 Å². The average molecular weight is 385 g/mol. The molecular weight excluding hydrogens is 352 g/mol. The van der Waals surface area contributed by atoms with Crippen LogP contribution in [0, 0.1) is 40.4 Å². The molecule has 1 aromatic carbocycles. The molecule has 1 aromatic rings. The zero-order valence-electron chi connectivity index (χ0n) is 18.5. The molecule has 1 unspecified atom stereocenters. The van der Waals surface area contributed by atoms with Crippen molar-refractivity contribution >= 4 is 5.78 Å². The van der Waals surface area contributed by atoms with E-state index in [0.717, 1.165) is 41.9 Å². The van der Waals surface area contributed by atoms with Crippen LogP contribution in [0.2, 0.25) is 0 Å². The van der Waals surface area contributed by atoms with E-state index in [-0.39, 0.29) is 11.2 Å². The van der Waals surface area contributed by atoms with Gasteiger partial charge in [-0.05, 0) is 78.3 Å². The summed E-state index contributed by atoms with van der Waals surface area (Å²) in [6.45, 7) is 11.2. The first-order chi connectivity index (χ1) is 13.6. The highest BCUT2D eigenvalue weighted by atomic mass is 16.1. The Morgan fingerprint density at radius 2 is 1.48 bits per heavy atom. The number of carbonyl (C=O) groups is 1. The van der Waals surface area contributed by atoms with Gasteiger partial charge in [-0.3, -0.25) is 4.79 Å². The lowest BCUT2D eigenvalue weighted by atomic mass is 9.73. The van der Waals surface area contributed by atoms with E-state index in [9.17, 15) is 4.79 Å². The molecule has 2 aliphatic carbocycles. The zero-order chi connectivity index (χ0) is 21.1. The highest BCUT2D eigenvalue weighted by molar-refractivity contribution is 5.92. The molecule has 0 heterocycles. The Morgan fingerprint density at radius 3 is 1.97 bits per heavy atom. The normalized spacial score (nSPS) is 21.1. The molecule has 2 aliphatic rings. The van der Waals surface area contributed by atoms with Gasteiger partial charge in [0.1, 0.15) is 0 Å². The highest BCUT2D eigenvalue weighted by Crippen LogP contribution is 2.37. The van der Waals surface area contributed by atoms with E-state index in [1.165, 1.54) is 12.0 Å². The van der Waals surface area contributed by atoms with Crippen LogP contribution in [0.1, 0.15) is 77.8 Å². The summed E-state index contributed by atoms with van der Waals surface area (Å²) >= 11 is 0. The number of hydrogen-bond donors (Lipinski definition) is 0. The van der Waals surface area contributed by atoms with Gasteiger partial charge in [-0.2, -0.15) is 0 Å². The third kappa shape index (κ3) is 6.24. The van der Waals surface area contributed by atoms with E-state index in [1.807, 2.05) is 24.3 Å². The second kappa shape index (κ2) is 8.47. The zero-order valence-corrected chi connectivity index (χ0v) is 18.5. The maximum absolute atomic E-state index is 11.9. The van der Waals surface area contributed by atoms with Crippen LogP contribution in [0.15, 0.2) is 47.6 Å². The van der Waals surface area contributed by atoms with E-state index in [0.29, 0.717) is 11.8 Å². The van der Waals surface area contributed by atoms with Crippen molar-refractivity contribution in [1.29, 1.82) is 0 Å². The van der Waals surface area contributed by atoms with Crippen molar-refractivity contribution in [2.45, 2.75) is 66.7 Å². The number of benzene rings is 1. The average Bonchev–Trinajstić information content (AvgIpc) is 2.63. The van der Waals surface area contributed by atoms with E-state index in [2.05, 4.69) is 64.4 Å². The lowest BCUT2D eigenvalue weighted by Crippen LogP contribution is -2.21. The minimum atomic E-state index is 0.00992. The van der Waals surface area contributed by atoms with Crippen molar-refractivity contribution in [1.82, 2.24) is 0 Å². The van der Waals surface area contributed by atoms with Gasteiger partial charge in [0.15, 0.2) is 5.78 Å². The Hall–Kier alpha value is -2.51. The van der Waals surface area contributed by atoms with Crippen molar-refractivity contribution in [2.75, 3.05) is 0 Å². The summed E-state index contributed by atoms with van der Waals surface area (Å²) < 4.78 is 0. The van der Waals surface area contributed by atoms with Crippen molar-refractivity contribution in [3.05, 3.63) is 58.7 Å². The Labute approximate surface area is 176 Å². The predicted octanol–water partition coefficient (Wildman–Crippen LogP) is 6.48. The number of allylic oxidation sites excluding steroid dienone is 4. The number of ketones is 1. The first-order valence-corrected chi connectivity index (χ1v) is 10.7. The molecule has 1 atom stereocenters. The molecule has 29 heavy (non-hydrogen) atoms. The Balaban J connectivity index is 1.64. The third-order valence-corrected chi connectivity index (χ3v) is 5.91. The fraction of sp³-hybridized carbons (Fsp3) is 0.464. The second-order valence-electron chi connectivity index (χ2n) is 10.3. The summed E-state index contributed by atoms with van der Waals surface area (Å²) in [6, 6.07) is 8.09. The van der Waals surface area contributed by atoms with Crippen molar-refractivity contribution in [3.63, 3.8) is 0 Å². The van der Waals surface area contributed by atoms with E-state index in [1.54, 1.807) is 6.08 Å². The second-order valence-corrected chi connectivity index (χ2v) is 10.3. The molecule has 0 saturated carbocycles. The fourth-order valence-electron chi connectivity index (χ4n) is 4.10. The molecule has 0 bridgehead atoms. The van der Waals surface area contributed by atoms with Crippen LogP contribution in [0.25, 0.3) is 0 Å². The van der Waals surface area contributed by atoms with Gasteiger partial charge in [0.25, 0.3) is 0 Å². The minimum Gasteiger partial charge on any atom is -0.295 e. The molecule has 0 fully saturated rings. The van der Waals surface area contributed by atoms with Crippen molar-refractivity contribution < 1.29 is 4.79 Å². The summed E-state index contributed by atoms with van der Waals surface area (Å²) in [4.78, 5) is 11.9. The molecule has 1 nitrogen and oxygen atoms in total. The van der Waals surface area contributed by atoms with Gasteiger partial charge >= 0.3 is 0 Å². The Bertz CT molecular complexity index is 954. The van der Waals surface area contributed by atoms with Gasteiger partial charge in [0, 0.05) is 23.1 Å². The monoisotopic (exact) mass is 384 g/mol. The van der Waals surface area contributed by atoms with E-state index < -0.39 is 0 Å². The SMILES string of the molecule is CC1(C)CC(=O)C=C(C#Cc2ccc(C#CC3=CCC(C(C)(C)C)CC3)cc2)C1. The fourth-order valence-corrected chi connectivity index (χ4v) is 4.10. The van der Waals surface area contributed by atoms with Crippen LogP contribution in [0.4, 0.5) is 0 Å². The summed E-state index contributed by atoms with van der Waals surface area (Å²) in [5, 5.41) is 0. The van der Waals surface area contributed by atoms with Crippen LogP contribution < -0.4 is 0 Å².